The number of aryl methyl sites for hydroxylation is 1. The smallest absolute Gasteiger partial charge is 0.261 e. The Labute approximate surface area is 155 Å². The molecule has 8 heteroatoms. The number of aromatic nitrogens is 4. The van der Waals surface area contributed by atoms with Crippen molar-refractivity contribution in [3.8, 4) is 5.88 Å². The fourth-order valence-electron chi connectivity index (χ4n) is 3.21. The van der Waals surface area contributed by atoms with Crippen LogP contribution in [0.1, 0.15) is 12.8 Å². The lowest BCUT2D eigenvalue weighted by Gasteiger charge is -2.17. The number of para-hydroxylation sites is 1. The van der Waals surface area contributed by atoms with Crippen molar-refractivity contribution in [3.05, 3.63) is 59.3 Å². The number of carbonyl (C=O) groups is 1. The van der Waals surface area contributed by atoms with E-state index in [1.807, 2.05) is 12.1 Å². The van der Waals surface area contributed by atoms with Gasteiger partial charge < -0.3 is 9.64 Å². The molecule has 0 aliphatic carbocycles. The highest BCUT2D eigenvalue weighted by Gasteiger charge is 2.27. The zero-order valence-corrected chi connectivity index (χ0v) is 14.7. The topological polar surface area (TPSA) is 90.2 Å². The third-order valence-corrected chi connectivity index (χ3v) is 4.63. The van der Waals surface area contributed by atoms with Crippen LogP contribution in [-0.2, 0) is 11.3 Å². The first-order chi connectivity index (χ1) is 13.2. The van der Waals surface area contributed by atoms with Crippen molar-refractivity contribution in [1.29, 1.82) is 0 Å². The van der Waals surface area contributed by atoms with Crippen LogP contribution < -0.4 is 10.3 Å². The number of likely N-dealkylation sites (tertiary alicyclic amines) is 1. The Morgan fingerprint density at radius 2 is 2.11 bits per heavy atom. The number of nitrogens with zero attached hydrogens (tertiary/aromatic N) is 5. The molecule has 8 nitrogen and oxygen atoms in total. The van der Waals surface area contributed by atoms with Gasteiger partial charge in [0.05, 0.1) is 23.8 Å². The maximum absolute atomic E-state index is 12.5. The second-order valence-electron chi connectivity index (χ2n) is 6.44. The summed E-state index contributed by atoms with van der Waals surface area (Å²) >= 11 is 0. The third kappa shape index (κ3) is 3.79. The number of amides is 1. The van der Waals surface area contributed by atoms with Crippen LogP contribution in [-0.4, -0.2) is 49.7 Å². The Bertz CT molecular complexity index is 1000. The van der Waals surface area contributed by atoms with Gasteiger partial charge in [0, 0.05) is 38.2 Å². The van der Waals surface area contributed by atoms with E-state index in [1.54, 1.807) is 35.4 Å². The third-order valence-electron chi connectivity index (χ3n) is 4.63. The van der Waals surface area contributed by atoms with Crippen LogP contribution in [0.15, 0.2) is 53.7 Å². The van der Waals surface area contributed by atoms with E-state index in [-0.39, 0.29) is 24.0 Å². The molecular weight excluding hydrogens is 346 g/mol. The van der Waals surface area contributed by atoms with Crippen LogP contribution in [0.25, 0.3) is 10.9 Å². The average molecular weight is 365 g/mol. The summed E-state index contributed by atoms with van der Waals surface area (Å²) < 4.78 is 7.24. The number of hydrogen-bond acceptors (Lipinski definition) is 6. The Balaban J connectivity index is 1.35. The zero-order valence-electron chi connectivity index (χ0n) is 14.7. The van der Waals surface area contributed by atoms with Gasteiger partial charge in [0.25, 0.3) is 5.56 Å². The molecule has 0 unspecified atom stereocenters. The zero-order chi connectivity index (χ0) is 18.6. The molecule has 138 valence electrons. The number of fused-ring (bicyclic) bond motifs is 1. The molecule has 1 fully saturated rings. The Kier molecular flexibility index (Phi) is 4.78. The summed E-state index contributed by atoms with van der Waals surface area (Å²) in [4.78, 5) is 31.0. The molecule has 1 aliphatic rings. The second-order valence-corrected chi connectivity index (χ2v) is 6.44. The molecule has 0 N–H and O–H groups in total. The summed E-state index contributed by atoms with van der Waals surface area (Å²) in [5.74, 6) is 0.464. The Morgan fingerprint density at radius 1 is 1.22 bits per heavy atom. The minimum absolute atomic E-state index is 0.000282. The van der Waals surface area contributed by atoms with Crippen LogP contribution in [0.3, 0.4) is 0 Å². The Hall–Kier alpha value is -3.29. The molecule has 0 bridgehead atoms. The van der Waals surface area contributed by atoms with E-state index in [4.69, 9.17) is 4.74 Å². The first-order valence-electron chi connectivity index (χ1n) is 8.87. The Morgan fingerprint density at radius 3 is 2.96 bits per heavy atom. The van der Waals surface area contributed by atoms with E-state index in [0.717, 1.165) is 6.42 Å². The molecule has 1 atom stereocenters. The lowest BCUT2D eigenvalue weighted by molar-refractivity contribution is -0.130. The first kappa shape index (κ1) is 17.1. The van der Waals surface area contributed by atoms with Crippen LogP contribution >= 0.6 is 0 Å². The molecule has 2 aromatic heterocycles. The molecule has 27 heavy (non-hydrogen) atoms. The monoisotopic (exact) mass is 365 g/mol. The van der Waals surface area contributed by atoms with Gasteiger partial charge >= 0.3 is 0 Å². The first-order valence-corrected chi connectivity index (χ1v) is 8.87. The maximum Gasteiger partial charge on any atom is 0.261 e. The van der Waals surface area contributed by atoms with Gasteiger partial charge in [0.15, 0.2) is 0 Å². The van der Waals surface area contributed by atoms with E-state index in [9.17, 15) is 9.59 Å². The molecule has 1 saturated heterocycles. The largest absolute Gasteiger partial charge is 0.471 e. The van der Waals surface area contributed by atoms with Crippen molar-refractivity contribution in [1.82, 2.24) is 24.6 Å². The van der Waals surface area contributed by atoms with Gasteiger partial charge in [-0.25, -0.2) is 4.98 Å². The predicted molar refractivity (Wildman–Crippen MR) is 98.3 cm³/mol. The van der Waals surface area contributed by atoms with Gasteiger partial charge in [0.2, 0.25) is 11.8 Å². The maximum atomic E-state index is 12.5. The fraction of sp³-hybridized carbons (Fsp3) is 0.316. The van der Waals surface area contributed by atoms with E-state index in [0.29, 0.717) is 36.4 Å². The number of benzene rings is 1. The van der Waals surface area contributed by atoms with Crippen LogP contribution in [0, 0.1) is 0 Å². The molecule has 1 aromatic carbocycles. The molecule has 4 rings (SSSR count). The summed E-state index contributed by atoms with van der Waals surface area (Å²) in [5, 5.41) is 8.24. The molecule has 1 aliphatic heterocycles. The predicted octanol–water partition coefficient (Wildman–Crippen LogP) is 1.26. The summed E-state index contributed by atoms with van der Waals surface area (Å²) in [6, 6.07) is 10.7. The molecule has 0 spiro atoms. The van der Waals surface area contributed by atoms with Crippen molar-refractivity contribution in [2.24, 2.45) is 0 Å². The molecule has 0 saturated carbocycles. The SMILES string of the molecule is O=C(CCn1cnc2ccccc2c1=O)N1CC[C@@H](Oc2cccnn2)C1. The molecule has 3 aromatic rings. The lowest BCUT2D eigenvalue weighted by atomic mass is 10.2. The highest BCUT2D eigenvalue weighted by molar-refractivity contribution is 5.77. The van der Waals surface area contributed by atoms with Crippen molar-refractivity contribution in [2.75, 3.05) is 13.1 Å². The minimum Gasteiger partial charge on any atom is -0.471 e. The van der Waals surface area contributed by atoms with Gasteiger partial charge in [-0.1, -0.05) is 12.1 Å². The van der Waals surface area contributed by atoms with E-state index in [2.05, 4.69) is 15.2 Å². The number of carbonyl (C=O) groups excluding carboxylic acids is 1. The second kappa shape index (κ2) is 7.53. The summed E-state index contributed by atoms with van der Waals surface area (Å²) in [5.41, 5.74) is 0.535. The minimum atomic E-state index is -0.126. The fourth-order valence-corrected chi connectivity index (χ4v) is 3.21. The van der Waals surface area contributed by atoms with Crippen LogP contribution in [0.2, 0.25) is 0 Å². The van der Waals surface area contributed by atoms with E-state index in [1.165, 1.54) is 10.9 Å². The highest BCUT2D eigenvalue weighted by Crippen LogP contribution is 2.16. The van der Waals surface area contributed by atoms with Crippen molar-refractivity contribution in [2.45, 2.75) is 25.5 Å². The highest BCUT2D eigenvalue weighted by atomic mass is 16.5. The van der Waals surface area contributed by atoms with E-state index >= 15 is 0 Å². The summed E-state index contributed by atoms with van der Waals surface area (Å²) in [6.45, 7) is 1.45. The van der Waals surface area contributed by atoms with Gasteiger partial charge in [-0.3, -0.25) is 14.2 Å². The van der Waals surface area contributed by atoms with Gasteiger partial charge in [-0.05, 0) is 18.2 Å². The van der Waals surface area contributed by atoms with Gasteiger partial charge in [-0.2, -0.15) is 5.10 Å². The number of rotatable bonds is 5. The lowest BCUT2D eigenvalue weighted by Crippen LogP contribution is -2.32. The normalized spacial score (nSPS) is 16.6. The number of hydrogen-bond donors (Lipinski definition) is 0. The van der Waals surface area contributed by atoms with Crippen molar-refractivity contribution >= 4 is 16.8 Å². The van der Waals surface area contributed by atoms with Gasteiger partial charge in [0.1, 0.15) is 6.10 Å². The molecular formula is C19H19N5O3. The standard InChI is InChI=1S/C19H19N5O3/c25-18(23-10-7-14(12-23)27-17-6-3-9-21-22-17)8-11-24-13-20-16-5-2-1-4-15(16)19(24)26/h1-6,9,13-14H,7-8,10-12H2/t14-/m1/s1. The quantitative estimate of drug-likeness (QED) is 0.676. The summed E-state index contributed by atoms with van der Waals surface area (Å²) in [6.07, 6.45) is 4.00. The van der Waals surface area contributed by atoms with Gasteiger partial charge in [-0.15, -0.1) is 5.10 Å². The van der Waals surface area contributed by atoms with Crippen molar-refractivity contribution < 1.29 is 9.53 Å². The van der Waals surface area contributed by atoms with Crippen LogP contribution in [0.5, 0.6) is 5.88 Å². The van der Waals surface area contributed by atoms with Crippen LogP contribution in [0.4, 0.5) is 0 Å². The average Bonchev–Trinajstić information content (AvgIpc) is 3.17. The molecule has 0 radical (unpaired) electrons. The van der Waals surface area contributed by atoms with Crippen molar-refractivity contribution in [3.63, 3.8) is 0 Å². The summed E-state index contributed by atoms with van der Waals surface area (Å²) in [7, 11) is 0. The molecule has 1 amide bonds. The number of ether oxygens (including phenoxy) is 1. The van der Waals surface area contributed by atoms with E-state index < -0.39 is 0 Å². The molecule has 3 heterocycles.